The number of piperidine rings is 2. The zero-order valence-electron chi connectivity index (χ0n) is 16.2. The van der Waals surface area contributed by atoms with Gasteiger partial charge in [0.05, 0.1) is 11.8 Å². The third-order valence-electron chi connectivity index (χ3n) is 6.50. The Balaban J connectivity index is 1.22. The summed E-state index contributed by atoms with van der Waals surface area (Å²) in [4.78, 5) is 28.4. The van der Waals surface area contributed by atoms with Crippen LogP contribution < -0.4 is 0 Å². The topological polar surface area (TPSA) is 75.9 Å². The van der Waals surface area contributed by atoms with Crippen LogP contribution in [-0.4, -0.2) is 65.7 Å². The number of hydrogen-bond acceptors (Lipinski definition) is 5. The van der Waals surface area contributed by atoms with E-state index in [1.54, 1.807) is 6.07 Å². The first kappa shape index (κ1) is 18.5. The molecule has 0 bridgehead atoms. The summed E-state index contributed by atoms with van der Waals surface area (Å²) >= 11 is 0. The van der Waals surface area contributed by atoms with E-state index in [-0.39, 0.29) is 42.2 Å². The van der Waals surface area contributed by atoms with Gasteiger partial charge in [0.15, 0.2) is 11.4 Å². The van der Waals surface area contributed by atoms with Crippen LogP contribution in [0.3, 0.4) is 0 Å². The minimum atomic E-state index is -0.303. The maximum Gasteiger partial charge on any atom is 0.320 e. The number of halogens is 1. The molecule has 2 atom stereocenters. The van der Waals surface area contributed by atoms with Crippen molar-refractivity contribution in [3.63, 3.8) is 0 Å². The van der Waals surface area contributed by atoms with E-state index < -0.39 is 0 Å². The molecule has 154 valence electrons. The van der Waals surface area contributed by atoms with Crippen LogP contribution >= 0.6 is 0 Å². The lowest BCUT2D eigenvalue weighted by Gasteiger charge is -2.43. The van der Waals surface area contributed by atoms with E-state index in [1.165, 1.54) is 12.1 Å². The molecule has 3 aliphatic heterocycles. The number of likely N-dealkylation sites (tertiary alicyclic amines) is 2. The van der Waals surface area contributed by atoms with Crippen molar-refractivity contribution in [2.24, 2.45) is 5.92 Å². The van der Waals surface area contributed by atoms with Crippen LogP contribution in [0.2, 0.25) is 0 Å². The number of carbonyl (C=O) groups is 2. The fraction of sp³-hybridized carbons (Fsp3) is 0.571. The minimum Gasteiger partial charge on any atom is -0.370 e. The Kier molecular flexibility index (Phi) is 4.73. The monoisotopic (exact) mass is 401 g/mol. The smallest absolute Gasteiger partial charge is 0.320 e. The van der Waals surface area contributed by atoms with E-state index in [9.17, 15) is 14.0 Å². The largest absolute Gasteiger partial charge is 0.370 e. The van der Waals surface area contributed by atoms with Crippen LogP contribution in [-0.2, 0) is 9.53 Å². The SMILES string of the molecule is O=C1CO[C@H]2CCN(C(=O)N3CCC(c4noc5ccc(F)cc45)CC3)C[C@H]2C1. The summed E-state index contributed by atoms with van der Waals surface area (Å²) in [6.07, 6.45) is 2.93. The van der Waals surface area contributed by atoms with Crippen molar-refractivity contribution in [3.8, 4) is 0 Å². The first-order chi connectivity index (χ1) is 14.1. The van der Waals surface area contributed by atoms with Gasteiger partial charge in [0, 0.05) is 49.8 Å². The number of aromatic nitrogens is 1. The lowest BCUT2D eigenvalue weighted by molar-refractivity contribution is -0.139. The highest BCUT2D eigenvalue weighted by atomic mass is 19.1. The van der Waals surface area contributed by atoms with Gasteiger partial charge >= 0.3 is 6.03 Å². The fourth-order valence-corrected chi connectivity index (χ4v) is 4.92. The summed E-state index contributed by atoms with van der Waals surface area (Å²) in [5.41, 5.74) is 1.37. The van der Waals surface area contributed by atoms with Crippen molar-refractivity contribution in [1.82, 2.24) is 15.0 Å². The zero-order valence-corrected chi connectivity index (χ0v) is 16.2. The summed E-state index contributed by atoms with van der Waals surface area (Å²) in [6.45, 7) is 2.73. The molecule has 3 aliphatic rings. The summed E-state index contributed by atoms with van der Waals surface area (Å²) in [7, 11) is 0. The number of benzene rings is 1. The van der Waals surface area contributed by atoms with Crippen molar-refractivity contribution in [2.75, 3.05) is 32.8 Å². The van der Waals surface area contributed by atoms with E-state index in [1.807, 2.05) is 9.80 Å². The van der Waals surface area contributed by atoms with Crippen LogP contribution in [0, 0.1) is 11.7 Å². The molecule has 8 heteroatoms. The van der Waals surface area contributed by atoms with E-state index in [2.05, 4.69) is 5.16 Å². The molecular weight excluding hydrogens is 377 g/mol. The Morgan fingerprint density at radius 2 is 1.93 bits per heavy atom. The van der Waals surface area contributed by atoms with E-state index in [0.29, 0.717) is 38.2 Å². The van der Waals surface area contributed by atoms with Crippen LogP contribution in [0.25, 0.3) is 11.0 Å². The molecular formula is C21H24FN3O4. The first-order valence-corrected chi connectivity index (χ1v) is 10.3. The van der Waals surface area contributed by atoms with Crippen molar-refractivity contribution in [1.29, 1.82) is 0 Å². The molecule has 0 unspecified atom stereocenters. The van der Waals surface area contributed by atoms with Crippen LogP contribution in [0.1, 0.15) is 37.3 Å². The standard InChI is InChI=1S/C21H24FN3O4/c22-15-1-2-19-17(10-15)20(23-29-19)13-3-6-24(7-4-13)21(27)25-8-5-18-14(11-25)9-16(26)12-28-18/h1-2,10,13-14,18H,3-9,11-12H2/t14-,18+/m1/s1. The van der Waals surface area contributed by atoms with Crippen molar-refractivity contribution in [3.05, 3.63) is 29.7 Å². The Hall–Kier alpha value is -2.48. The summed E-state index contributed by atoms with van der Waals surface area (Å²) in [6, 6.07) is 4.47. The number of ether oxygens (including phenoxy) is 1. The normalized spacial score (nSPS) is 26.0. The number of hydrogen-bond donors (Lipinski definition) is 0. The molecule has 3 saturated heterocycles. The number of amides is 2. The highest BCUT2D eigenvalue weighted by molar-refractivity contribution is 5.81. The number of ketones is 1. The minimum absolute atomic E-state index is 0.0379. The number of carbonyl (C=O) groups excluding carboxylic acids is 2. The molecule has 3 fully saturated rings. The predicted molar refractivity (Wildman–Crippen MR) is 102 cm³/mol. The van der Waals surface area contributed by atoms with Gasteiger partial charge in [0.2, 0.25) is 0 Å². The molecule has 0 saturated carbocycles. The number of nitrogens with zero attached hydrogens (tertiary/aromatic N) is 3. The quantitative estimate of drug-likeness (QED) is 0.734. The molecule has 2 aromatic rings. The molecule has 2 amide bonds. The second-order valence-corrected chi connectivity index (χ2v) is 8.34. The molecule has 4 heterocycles. The summed E-state index contributed by atoms with van der Waals surface area (Å²) in [5, 5.41) is 4.89. The van der Waals surface area contributed by atoms with Crippen molar-refractivity contribution in [2.45, 2.75) is 37.7 Å². The molecule has 1 aromatic carbocycles. The van der Waals surface area contributed by atoms with Gasteiger partial charge in [-0.15, -0.1) is 0 Å². The summed E-state index contributed by atoms with van der Waals surface area (Å²) in [5.74, 6) is 0.0841. The number of rotatable bonds is 1. The second-order valence-electron chi connectivity index (χ2n) is 8.34. The van der Waals surface area contributed by atoms with Crippen molar-refractivity contribution < 1.29 is 23.2 Å². The molecule has 5 rings (SSSR count). The number of fused-ring (bicyclic) bond motifs is 2. The zero-order chi connectivity index (χ0) is 20.0. The van der Waals surface area contributed by atoms with Gasteiger partial charge in [-0.25, -0.2) is 9.18 Å². The van der Waals surface area contributed by atoms with Crippen molar-refractivity contribution >= 4 is 22.8 Å². The van der Waals surface area contributed by atoms with Gasteiger partial charge in [0.25, 0.3) is 0 Å². The highest BCUT2D eigenvalue weighted by Crippen LogP contribution is 2.34. The predicted octanol–water partition coefficient (Wildman–Crippen LogP) is 2.95. The van der Waals surface area contributed by atoms with E-state index in [4.69, 9.17) is 9.26 Å². The van der Waals surface area contributed by atoms with Gasteiger partial charge < -0.3 is 19.1 Å². The second kappa shape index (κ2) is 7.40. The van der Waals surface area contributed by atoms with Crippen LogP contribution in [0.15, 0.2) is 22.7 Å². The molecule has 1 aromatic heterocycles. The first-order valence-electron chi connectivity index (χ1n) is 10.3. The van der Waals surface area contributed by atoms with Gasteiger partial charge in [-0.1, -0.05) is 5.16 Å². The van der Waals surface area contributed by atoms with E-state index in [0.717, 1.165) is 30.3 Å². The van der Waals surface area contributed by atoms with Gasteiger partial charge in [-0.3, -0.25) is 4.79 Å². The lowest BCUT2D eigenvalue weighted by Crippen LogP contribution is -2.54. The molecule has 0 aliphatic carbocycles. The Bertz CT molecular complexity index is 937. The lowest BCUT2D eigenvalue weighted by atomic mass is 9.88. The van der Waals surface area contributed by atoms with Gasteiger partial charge in [-0.05, 0) is 37.5 Å². The Labute approximate surface area is 167 Å². The number of Topliss-reactive ketones (excluding diaryl/α,β-unsaturated/α-hetero) is 1. The fourth-order valence-electron chi connectivity index (χ4n) is 4.92. The average molecular weight is 401 g/mol. The maximum atomic E-state index is 13.6. The van der Waals surface area contributed by atoms with Gasteiger partial charge in [0.1, 0.15) is 12.4 Å². The van der Waals surface area contributed by atoms with E-state index >= 15 is 0 Å². The molecule has 0 spiro atoms. The molecule has 7 nitrogen and oxygen atoms in total. The van der Waals surface area contributed by atoms with Gasteiger partial charge in [-0.2, -0.15) is 0 Å². The summed E-state index contributed by atoms with van der Waals surface area (Å²) < 4.78 is 24.6. The van der Waals surface area contributed by atoms with Crippen LogP contribution in [0.5, 0.6) is 0 Å². The average Bonchev–Trinajstić information content (AvgIpc) is 3.16. The molecule has 0 N–H and O–H groups in total. The third-order valence-corrected chi connectivity index (χ3v) is 6.50. The Morgan fingerprint density at radius 1 is 1.14 bits per heavy atom. The molecule has 29 heavy (non-hydrogen) atoms. The number of urea groups is 1. The van der Waals surface area contributed by atoms with Crippen LogP contribution in [0.4, 0.5) is 9.18 Å². The Morgan fingerprint density at radius 3 is 2.76 bits per heavy atom. The maximum absolute atomic E-state index is 13.6. The molecule has 0 radical (unpaired) electrons. The highest BCUT2D eigenvalue weighted by Gasteiger charge is 2.38. The third kappa shape index (κ3) is 3.50.